The molecule has 0 aromatic rings. The molecular weight excluding hydrogens is 216 g/mol. The normalized spacial score (nSPS) is 8.44. The molecule has 0 spiro atoms. The molecule has 0 atom stereocenters. The van der Waals surface area contributed by atoms with Gasteiger partial charge in [0.1, 0.15) is 0 Å². The van der Waals surface area contributed by atoms with Gasteiger partial charge < -0.3 is 0 Å². The second-order valence-electron chi connectivity index (χ2n) is 4.42. The highest BCUT2D eigenvalue weighted by Gasteiger charge is 1.68. The third kappa shape index (κ3) is 104. The first kappa shape index (κ1) is 26.3. The lowest BCUT2D eigenvalue weighted by molar-refractivity contribution is 0.772. The van der Waals surface area contributed by atoms with Gasteiger partial charge in [-0.1, -0.05) is 106 Å². The van der Waals surface area contributed by atoms with Crippen molar-refractivity contribution in [2.45, 2.75) is 107 Å². The standard InChI is InChI=1S/C6H12.C5H12.C4H10.C3H8/c1-3-5-6-4-2;1-3-5-4-2;1-3-4-2;1-3-2/h3,5H,4,6H2,1-2H3;3-5H2,1-2H3;3-4H2,1-2H3;3H2,1-2H3/b5-3+;;;. The Labute approximate surface area is 119 Å². The molecule has 0 aliphatic heterocycles. The van der Waals surface area contributed by atoms with Gasteiger partial charge in [-0.3, -0.25) is 0 Å². The van der Waals surface area contributed by atoms with Crippen LogP contribution in [0.25, 0.3) is 0 Å². The first-order chi connectivity index (χ1) is 8.66. The van der Waals surface area contributed by atoms with Gasteiger partial charge in [-0.05, 0) is 13.3 Å². The molecule has 0 heteroatoms. The van der Waals surface area contributed by atoms with E-state index >= 15 is 0 Å². The summed E-state index contributed by atoms with van der Waals surface area (Å²) in [6.45, 7) is 17.3. The van der Waals surface area contributed by atoms with Gasteiger partial charge >= 0.3 is 0 Å². The summed E-state index contributed by atoms with van der Waals surface area (Å²) in [6.07, 6.45) is 14.7. The van der Waals surface area contributed by atoms with Crippen molar-refractivity contribution in [3.05, 3.63) is 12.2 Å². The number of hydrogen-bond donors (Lipinski definition) is 0. The van der Waals surface area contributed by atoms with Crippen LogP contribution < -0.4 is 0 Å². The first-order valence-corrected chi connectivity index (χ1v) is 8.27. The predicted octanol–water partition coefficient (Wildman–Crippen LogP) is 7.78. The van der Waals surface area contributed by atoms with Crippen LogP contribution in [-0.2, 0) is 0 Å². The Kier molecular flexibility index (Phi) is 64.0. The van der Waals surface area contributed by atoms with Gasteiger partial charge in [0.15, 0.2) is 0 Å². The van der Waals surface area contributed by atoms with Crippen molar-refractivity contribution in [3.63, 3.8) is 0 Å². The van der Waals surface area contributed by atoms with Gasteiger partial charge in [-0.15, -0.1) is 0 Å². The molecule has 0 bridgehead atoms. The smallest absolute Gasteiger partial charge is 0.0353 e. The molecule has 18 heavy (non-hydrogen) atoms. The van der Waals surface area contributed by atoms with Crippen LogP contribution in [-0.4, -0.2) is 0 Å². The lowest BCUT2D eigenvalue weighted by Crippen LogP contribution is -1.59. The quantitative estimate of drug-likeness (QED) is 0.442. The number of rotatable bonds is 5. The molecule has 0 heterocycles. The summed E-state index contributed by atoms with van der Waals surface area (Å²) in [5.41, 5.74) is 0. The largest absolute Gasteiger partial charge is 0.0917 e. The fourth-order valence-electron chi connectivity index (χ4n) is 0.687. The van der Waals surface area contributed by atoms with Crippen LogP contribution in [0.15, 0.2) is 12.2 Å². The van der Waals surface area contributed by atoms with E-state index in [0.717, 1.165) is 0 Å². The van der Waals surface area contributed by atoms with Crippen LogP contribution in [0, 0.1) is 0 Å². The lowest BCUT2D eigenvalue weighted by Gasteiger charge is -1.79. The minimum atomic E-state index is 1.23. The van der Waals surface area contributed by atoms with Crippen LogP contribution in [0.4, 0.5) is 0 Å². The SMILES string of the molecule is C/C=C/CCC.CCC.CCCC.CCCCC. The van der Waals surface area contributed by atoms with E-state index < -0.39 is 0 Å². The molecule has 0 radical (unpaired) electrons. The van der Waals surface area contributed by atoms with Gasteiger partial charge in [0.05, 0.1) is 0 Å². The fraction of sp³-hybridized carbons (Fsp3) is 0.889. The molecule has 0 unspecified atom stereocenters. The van der Waals surface area contributed by atoms with Gasteiger partial charge in [0.25, 0.3) is 0 Å². The molecule has 0 aliphatic carbocycles. The zero-order valence-corrected chi connectivity index (χ0v) is 14.8. The minimum Gasteiger partial charge on any atom is -0.0917 e. The van der Waals surface area contributed by atoms with Gasteiger partial charge in [-0.2, -0.15) is 0 Å². The maximum absolute atomic E-state index is 2.21. The first-order valence-electron chi connectivity index (χ1n) is 8.27. The third-order valence-electron chi connectivity index (χ3n) is 1.90. The lowest BCUT2D eigenvalue weighted by atomic mass is 10.3. The molecule has 0 fully saturated rings. The summed E-state index contributed by atoms with van der Waals surface area (Å²) in [5, 5.41) is 0. The van der Waals surface area contributed by atoms with Crippen molar-refractivity contribution in [1.82, 2.24) is 0 Å². The summed E-state index contributed by atoms with van der Waals surface area (Å²) in [4.78, 5) is 0. The summed E-state index contributed by atoms with van der Waals surface area (Å²) < 4.78 is 0. The fourth-order valence-corrected chi connectivity index (χ4v) is 0.687. The van der Waals surface area contributed by atoms with Crippen LogP contribution in [0.1, 0.15) is 107 Å². The molecule has 0 saturated carbocycles. The Hall–Kier alpha value is -0.260. The van der Waals surface area contributed by atoms with Gasteiger partial charge in [0, 0.05) is 0 Å². The molecule has 0 aromatic heterocycles. The average molecular weight is 259 g/mol. The van der Waals surface area contributed by atoms with Crippen molar-refractivity contribution >= 4 is 0 Å². The monoisotopic (exact) mass is 258 g/mol. The topological polar surface area (TPSA) is 0 Å². The van der Waals surface area contributed by atoms with Crippen molar-refractivity contribution in [3.8, 4) is 0 Å². The number of unbranched alkanes of at least 4 members (excludes halogenated alkanes) is 4. The van der Waals surface area contributed by atoms with Crippen molar-refractivity contribution < 1.29 is 0 Å². The summed E-state index contributed by atoms with van der Waals surface area (Å²) >= 11 is 0. The molecule has 0 aliphatic rings. The Bertz CT molecular complexity index is 88.2. The molecule has 0 amide bonds. The Morgan fingerprint density at radius 1 is 0.611 bits per heavy atom. The molecular formula is C18H42. The minimum absolute atomic E-state index is 1.23. The molecule has 0 saturated heterocycles. The Morgan fingerprint density at radius 2 is 1.00 bits per heavy atom. The highest BCUT2D eigenvalue weighted by atomic mass is 13.7. The number of allylic oxidation sites excluding steroid dienone is 2. The van der Waals surface area contributed by atoms with Gasteiger partial charge in [0.2, 0.25) is 0 Å². The average Bonchev–Trinajstić information content (AvgIpc) is 2.39. The Morgan fingerprint density at radius 3 is 1.06 bits per heavy atom. The second kappa shape index (κ2) is 43.7. The van der Waals surface area contributed by atoms with E-state index in [0.29, 0.717) is 0 Å². The van der Waals surface area contributed by atoms with E-state index in [4.69, 9.17) is 0 Å². The van der Waals surface area contributed by atoms with Crippen molar-refractivity contribution in [2.75, 3.05) is 0 Å². The van der Waals surface area contributed by atoms with E-state index in [1.807, 2.05) is 0 Å². The van der Waals surface area contributed by atoms with Crippen LogP contribution in [0.3, 0.4) is 0 Å². The van der Waals surface area contributed by atoms with Crippen molar-refractivity contribution in [2.24, 2.45) is 0 Å². The van der Waals surface area contributed by atoms with E-state index in [1.165, 1.54) is 51.4 Å². The van der Waals surface area contributed by atoms with E-state index in [2.05, 4.69) is 67.5 Å². The molecule has 0 N–H and O–H groups in total. The second-order valence-corrected chi connectivity index (χ2v) is 4.42. The van der Waals surface area contributed by atoms with Crippen LogP contribution >= 0.6 is 0 Å². The predicted molar refractivity (Wildman–Crippen MR) is 91.5 cm³/mol. The highest BCUT2D eigenvalue weighted by molar-refractivity contribution is 4.75. The highest BCUT2D eigenvalue weighted by Crippen LogP contribution is 1.88. The van der Waals surface area contributed by atoms with Crippen LogP contribution in [0.5, 0.6) is 0 Å². The molecule has 0 aromatic carbocycles. The van der Waals surface area contributed by atoms with E-state index in [1.54, 1.807) is 0 Å². The molecule has 114 valence electrons. The summed E-state index contributed by atoms with van der Waals surface area (Å²) in [6, 6.07) is 0. The zero-order valence-electron chi connectivity index (χ0n) is 14.8. The number of hydrogen-bond acceptors (Lipinski definition) is 0. The maximum Gasteiger partial charge on any atom is -0.0353 e. The summed E-state index contributed by atoms with van der Waals surface area (Å²) in [5.74, 6) is 0. The van der Waals surface area contributed by atoms with E-state index in [-0.39, 0.29) is 0 Å². The molecule has 0 nitrogen and oxygen atoms in total. The summed E-state index contributed by atoms with van der Waals surface area (Å²) in [7, 11) is 0. The maximum atomic E-state index is 2.21. The van der Waals surface area contributed by atoms with Gasteiger partial charge in [-0.25, -0.2) is 0 Å². The van der Waals surface area contributed by atoms with Crippen LogP contribution in [0.2, 0.25) is 0 Å². The van der Waals surface area contributed by atoms with E-state index in [9.17, 15) is 0 Å². The Balaban J connectivity index is -0.0000000750. The zero-order chi connectivity index (χ0) is 15.1. The third-order valence-corrected chi connectivity index (χ3v) is 1.90. The molecule has 0 rings (SSSR count). The van der Waals surface area contributed by atoms with Crippen molar-refractivity contribution in [1.29, 1.82) is 0 Å².